The first-order valence-electron chi connectivity index (χ1n) is 6.61. The van der Waals surface area contributed by atoms with Gasteiger partial charge in [-0.15, -0.1) is 0 Å². The van der Waals surface area contributed by atoms with Crippen molar-refractivity contribution in [2.24, 2.45) is 0 Å². The largest absolute Gasteiger partial charge is 0.496 e. The summed E-state index contributed by atoms with van der Waals surface area (Å²) in [5.74, 6) is 2.53. The van der Waals surface area contributed by atoms with Crippen LogP contribution in [0.25, 0.3) is 0 Å². The number of methoxy groups -OCH3 is 2. The Kier molecular flexibility index (Phi) is 4.12. The molecule has 0 bridgehead atoms. The number of ether oxygens (including phenoxy) is 2. The van der Waals surface area contributed by atoms with Crippen LogP contribution in [0.5, 0.6) is 11.5 Å². The van der Waals surface area contributed by atoms with Crippen LogP contribution in [0, 0.1) is 13.8 Å². The first-order valence-corrected chi connectivity index (χ1v) is 6.61. The highest BCUT2D eigenvalue weighted by Gasteiger charge is 2.22. The van der Waals surface area contributed by atoms with Crippen molar-refractivity contribution in [1.29, 1.82) is 0 Å². The molecule has 0 amide bonds. The third-order valence-corrected chi connectivity index (χ3v) is 3.98. The number of hydrogen-bond acceptors (Lipinski definition) is 3. The summed E-state index contributed by atoms with van der Waals surface area (Å²) >= 11 is 0. The Morgan fingerprint density at radius 1 is 1.17 bits per heavy atom. The average Bonchev–Trinajstić information content (AvgIpc) is 2.42. The van der Waals surface area contributed by atoms with Crippen LogP contribution in [-0.4, -0.2) is 27.3 Å². The van der Waals surface area contributed by atoms with Crippen LogP contribution in [0.4, 0.5) is 0 Å². The van der Waals surface area contributed by atoms with Crippen LogP contribution in [0.3, 0.4) is 0 Å². The lowest BCUT2D eigenvalue weighted by Crippen LogP contribution is -2.28. The number of benzene rings is 1. The van der Waals surface area contributed by atoms with Gasteiger partial charge in [-0.2, -0.15) is 0 Å². The van der Waals surface area contributed by atoms with E-state index in [9.17, 15) is 0 Å². The second-order valence-corrected chi connectivity index (χ2v) is 4.99. The van der Waals surface area contributed by atoms with Gasteiger partial charge in [0.05, 0.1) is 14.2 Å². The third-order valence-electron chi connectivity index (χ3n) is 3.98. The molecule has 1 unspecified atom stereocenters. The molecule has 1 N–H and O–H groups in total. The summed E-state index contributed by atoms with van der Waals surface area (Å²) in [7, 11) is 3.49. The fraction of sp³-hybridized carbons (Fsp3) is 0.600. The van der Waals surface area contributed by atoms with Gasteiger partial charge in [0.25, 0.3) is 0 Å². The lowest BCUT2D eigenvalue weighted by Gasteiger charge is -2.26. The highest BCUT2D eigenvalue weighted by Crippen LogP contribution is 2.39. The maximum Gasteiger partial charge on any atom is 0.125 e. The third kappa shape index (κ3) is 2.32. The molecular weight excluding hydrogens is 226 g/mol. The Hall–Kier alpha value is -1.22. The number of rotatable bonds is 3. The summed E-state index contributed by atoms with van der Waals surface area (Å²) in [6, 6.07) is 2.15. The second kappa shape index (κ2) is 5.61. The molecule has 18 heavy (non-hydrogen) atoms. The maximum atomic E-state index is 5.63. The molecule has 0 aromatic heterocycles. The predicted octanol–water partition coefficient (Wildman–Crippen LogP) is 2.79. The normalized spacial score (nSPS) is 19.7. The monoisotopic (exact) mass is 249 g/mol. The van der Waals surface area contributed by atoms with Crippen molar-refractivity contribution in [1.82, 2.24) is 5.32 Å². The molecule has 0 radical (unpaired) electrons. The van der Waals surface area contributed by atoms with Crippen molar-refractivity contribution in [3.05, 3.63) is 22.8 Å². The topological polar surface area (TPSA) is 30.5 Å². The molecule has 1 aromatic carbocycles. The molecule has 0 spiro atoms. The number of piperidine rings is 1. The summed E-state index contributed by atoms with van der Waals surface area (Å²) in [5, 5.41) is 3.46. The van der Waals surface area contributed by atoms with Gasteiger partial charge < -0.3 is 14.8 Å². The summed E-state index contributed by atoms with van der Waals surface area (Å²) in [6.45, 7) is 6.35. The minimum Gasteiger partial charge on any atom is -0.496 e. The zero-order chi connectivity index (χ0) is 13.1. The molecule has 0 aliphatic carbocycles. The second-order valence-electron chi connectivity index (χ2n) is 4.99. The van der Waals surface area contributed by atoms with Crippen LogP contribution in [0.2, 0.25) is 0 Å². The molecule has 1 fully saturated rings. The Balaban J connectivity index is 2.46. The van der Waals surface area contributed by atoms with Crippen LogP contribution in [0.15, 0.2) is 6.07 Å². The molecule has 0 saturated carbocycles. The molecule has 1 aliphatic rings. The van der Waals surface area contributed by atoms with Crippen molar-refractivity contribution in [2.75, 3.05) is 27.3 Å². The van der Waals surface area contributed by atoms with Gasteiger partial charge in [-0.05, 0) is 50.4 Å². The van der Waals surface area contributed by atoms with E-state index in [2.05, 4.69) is 25.2 Å². The van der Waals surface area contributed by atoms with E-state index in [1.807, 2.05) is 0 Å². The van der Waals surface area contributed by atoms with E-state index in [1.54, 1.807) is 14.2 Å². The maximum absolute atomic E-state index is 5.63. The lowest BCUT2D eigenvalue weighted by atomic mass is 9.88. The van der Waals surface area contributed by atoms with Gasteiger partial charge in [0.2, 0.25) is 0 Å². The molecule has 1 atom stereocenters. The number of hydrogen-bond donors (Lipinski definition) is 1. The van der Waals surface area contributed by atoms with Crippen LogP contribution in [-0.2, 0) is 0 Å². The first kappa shape index (κ1) is 13.2. The van der Waals surface area contributed by atoms with E-state index in [-0.39, 0.29) is 0 Å². The smallest absolute Gasteiger partial charge is 0.125 e. The van der Waals surface area contributed by atoms with E-state index in [4.69, 9.17) is 9.47 Å². The Bertz CT molecular complexity index is 423. The Labute approximate surface area is 109 Å². The average molecular weight is 249 g/mol. The van der Waals surface area contributed by atoms with Crippen molar-refractivity contribution < 1.29 is 9.47 Å². The van der Waals surface area contributed by atoms with E-state index in [0.29, 0.717) is 5.92 Å². The zero-order valence-corrected chi connectivity index (χ0v) is 11.8. The summed E-state index contributed by atoms with van der Waals surface area (Å²) in [5.41, 5.74) is 3.64. The Morgan fingerprint density at radius 3 is 2.50 bits per heavy atom. The SMILES string of the molecule is COc1cc(C2CCCNC2)c(OC)c(C)c1C. The van der Waals surface area contributed by atoms with E-state index in [0.717, 1.165) is 24.6 Å². The Morgan fingerprint density at radius 2 is 1.94 bits per heavy atom. The van der Waals surface area contributed by atoms with Crippen LogP contribution < -0.4 is 14.8 Å². The van der Waals surface area contributed by atoms with Gasteiger partial charge in [-0.3, -0.25) is 0 Å². The standard InChI is InChI=1S/C15H23NO2/c1-10-11(2)15(18-4)13(8-14(10)17-3)12-6-5-7-16-9-12/h8,12,16H,5-7,9H2,1-4H3. The molecule has 2 rings (SSSR count). The summed E-state index contributed by atoms with van der Waals surface area (Å²) in [6.07, 6.45) is 2.44. The number of nitrogens with one attached hydrogen (secondary N) is 1. The molecular formula is C15H23NO2. The molecule has 1 heterocycles. The molecule has 3 heteroatoms. The van der Waals surface area contributed by atoms with Crippen molar-refractivity contribution >= 4 is 0 Å². The zero-order valence-electron chi connectivity index (χ0n) is 11.8. The fourth-order valence-corrected chi connectivity index (χ4v) is 2.79. The summed E-state index contributed by atoms with van der Waals surface area (Å²) in [4.78, 5) is 0. The van der Waals surface area contributed by atoms with Crippen LogP contribution >= 0.6 is 0 Å². The predicted molar refractivity (Wildman–Crippen MR) is 73.9 cm³/mol. The summed E-state index contributed by atoms with van der Waals surface area (Å²) < 4.78 is 11.1. The van der Waals surface area contributed by atoms with Gasteiger partial charge in [0, 0.05) is 18.0 Å². The molecule has 1 aliphatic heterocycles. The van der Waals surface area contributed by atoms with Gasteiger partial charge in [0.1, 0.15) is 11.5 Å². The van der Waals surface area contributed by atoms with Crippen molar-refractivity contribution in [2.45, 2.75) is 32.6 Å². The van der Waals surface area contributed by atoms with Gasteiger partial charge in [0.15, 0.2) is 0 Å². The highest BCUT2D eigenvalue weighted by molar-refractivity contribution is 5.54. The first-order chi connectivity index (χ1) is 8.69. The minimum absolute atomic E-state index is 0.530. The van der Waals surface area contributed by atoms with Gasteiger partial charge in [-0.1, -0.05) is 0 Å². The van der Waals surface area contributed by atoms with E-state index >= 15 is 0 Å². The van der Waals surface area contributed by atoms with Gasteiger partial charge in [-0.25, -0.2) is 0 Å². The van der Waals surface area contributed by atoms with Crippen molar-refractivity contribution in [3.8, 4) is 11.5 Å². The lowest BCUT2D eigenvalue weighted by molar-refractivity contribution is 0.379. The quantitative estimate of drug-likeness (QED) is 0.893. The molecule has 100 valence electrons. The molecule has 3 nitrogen and oxygen atoms in total. The fourth-order valence-electron chi connectivity index (χ4n) is 2.79. The van der Waals surface area contributed by atoms with E-state index < -0.39 is 0 Å². The van der Waals surface area contributed by atoms with E-state index in [1.165, 1.54) is 29.5 Å². The molecule has 1 aromatic rings. The molecule has 1 saturated heterocycles. The van der Waals surface area contributed by atoms with Gasteiger partial charge >= 0.3 is 0 Å². The minimum atomic E-state index is 0.530. The van der Waals surface area contributed by atoms with Crippen LogP contribution in [0.1, 0.15) is 35.4 Å². The highest BCUT2D eigenvalue weighted by atomic mass is 16.5. The van der Waals surface area contributed by atoms with Crippen molar-refractivity contribution in [3.63, 3.8) is 0 Å².